The maximum atomic E-state index is 13.1. The normalized spacial score (nSPS) is 11.9. The number of hydrogen-bond donors (Lipinski definition) is 0. The van der Waals surface area contributed by atoms with Crippen LogP contribution in [0.2, 0.25) is 0 Å². The molecule has 0 aliphatic heterocycles. The number of amides is 2. The predicted molar refractivity (Wildman–Crippen MR) is 97.1 cm³/mol. The lowest BCUT2D eigenvalue weighted by Crippen LogP contribution is -2.48. The fourth-order valence-electron chi connectivity index (χ4n) is 2.94. The van der Waals surface area contributed by atoms with Crippen molar-refractivity contribution in [2.45, 2.75) is 26.8 Å². The van der Waals surface area contributed by atoms with E-state index in [0.29, 0.717) is 11.4 Å². The second-order valence-electron chi connectivity index (χ2n) is 6.21. The number of rotatable bonds is 4. The van der Waals surface area contributed by atoms with Crippen molar-refractivity contribution in [3.63, 3.8) is 0 Å². The van der Waals surface area contributed by atoms with Crippen LogP contribution in [0.1, 0.15) is 19.5 Å². The third kappa shape index (κ3) is 3.22. The molecule has 7 nitrogen and oxygen atoms in total. The van der Waals surface area contributed by atoms with Crippen molar-refractivity contribution in [2.75, 3.05) is 19.0 Å². The Labute approximate surface area is 147 Å². The zero-order valence-electron chi connectivity index (χ0n) is 15.5. The minimum absolute atomic E-state index is 0.224. The average Bonchev–Trinajstić information content (AvgIpc) is 2.78. The van der Waals surface area contributed by atoms with E-state index in [1.165, 1.54) is 21.4 Å². The summed E-state index contributed by atoms with van der Waals surface area (Å²) in [5.74, 6) is -0.599. The average molecular weight is 344 g/mol. The Bertz CT molecular complexity index is 849. The Morgan fingerprint density at radius 3 is 2.16 bits per heavy atom. The van der Waals surface area contributed by atoms with Gasteiger partial charge >= 0.3 is 0 Å². The molecule has 25 heavy (non-hydrogen) atoms. The monoisotopic (exact) mass is 344 g/mol. The van der Waals surface area contributed by atoms with Gasteiger partial charge in [0.05, 0.1) is 11.4 Å². The first kappa shape index (κ1) is 18.5. The molecule has 1 aromatic carbocycles. The van der Waals surface area contributed by atoms with Crippen LogP contribution < -0.4 is 10.5 Å². The lowest BCUT2D eigenvalue weighted by Gasteiger charge is -2.28. The second kappa shape index (κ2) is 6.96. The van der Waals surface area contributed by atoms with Crippen molar-refractivity contribution < 1.29 is 9.59 Å². The number of carbonyl (C=O) groups excluding carboxylic acids is 2. The Balaban J connectivity index is 2.67. The van der Waals surface area contributed by atoms with Crippen LogP contribution in [0.5, 0.6) is 0 Å². The molecule has 0 aliphatic carbocycles. The molecular weight excluding hydrogens is 320 g/mol. The van der Waals surface area contributed by atoms with E-state index in [0.717, 1.165) is 0 Å². The van der Waals surface area contributed by atoms with Crippen molar-refractivity contribution >= 4 is 17.5 Å². The summed E-state index contributed by atoms with van der Waals surface area (Å²) < 4.78 is 3.18. The molecule has 7 heteroatoms. The van der Waals surface area contributed by atoms with Crippen LogP contribution >= 0.6 is 0 Å². The summed E-state index contributed by atoms with van der Waals surface area (Å²) in [5, 5.41) is 0. The van der Waals surface area contributed by atoms with Gasteiger partial charge < -0.3 is 4.90 Å². The standard InChI is InChI=1S/C18H24N4O3/c1-12-16(21(14(3)23)13(2)17(24)19(4)5)18(25)22(20(12)6)15-10-8-7-9-11-15/h7-11,13H,1-6H3. The molecule has 0 saturated carbocycles. The van der Waals surface area contributed by atoms with Gasteiger partial charge in [0.1, 0.15) is 11.7 Å². The van der Waals surface area contributed by atoms with Gasteiger partial charge in [0, 0.05) is 28.1 Å². The van der Waals surface area contributed by atoms with E-state index >= 15 is 0 Å². The number of anilines is 1. The number of carbonyl (C=O) groups is 2. The number of hydrogen-bond acceptors (Lipinski definition) is 3. The Morgan fingerprint density at radius 2 is 1.68 bits per heavy atom. The van der Waals surface area contributed by atoms with Crippen molar-refractivity contribution in [2.24, 2.45) is 7.05 Å². The van der Waals surface area contributed by atoms with Crippen molar-refractivity contribution in [1.82, 2.24) is 14.3 Å². The summed E-state index contributed by atoms with van der Waals surface area (Å²) >= 11 is 0. The van der Waals surface area contributed by atoms with E-state index in [9.17, 15) is 14.4 Å². The molecule has 0 aliphatic rings. The Hall–Kier alpha value is -2.83. The first-order valence-electron chi connectivity index (χ1n) is 8.03. The van der Waals surface area contributed by atoms with Gasteiger partial charge in [-0.15, -0.1) is 0 Å². The van der Waals surface area contributed by atoms with Crippen LogP contribution in [0, 0.1) is 6.92 Å². The van der Waals surface area contributed by atoms with Crippen molar-refractivity contribution in [1.29, 1.82) is 0 Å². The first-order chi connectivity index (χ1) is 11.7. The number of benzene rings is 1. The van der Waals surface area contributed by atoms with E-state index in [-0.39, 0.29) is 23.1 Å². The molecule has 134 valence electrons. The molecule has 2 aromatic rings. The van der Waals surface area contributed by atoms with Crippen molar-refractivity contribution in [3.8, 4) is 5.69 Å². The summed E-state index contributed by atoms with van der Waals surface area (Å²) in [6, 6.07) is 8.40. The fourth-order valence-corrected chi connectivity index (χ4v) is 2.94. The lowest BCUT2D eigenvalue weighted by atomic mass is 10.2. The molecule has 0 fully saturated rings. The highest BCUT2D eigenvalue weighted by Gasteiger charge is 2.32. The second-order valence-corrected chi connectivity index (χ2v) is 6.21. The van der Waals surface area contributed by atoms with Gasteiger partial charge in [-0.05, 0) is 26.0 Å². The Kier molecular flexibility index (Phi) is 5.15. The quantitative estimate of drug-likeness (QED) is 0.840. The zero-order chi connectivity index (χ0) is 18.9. The number of likely N-dealkylation sites (N-methyl/N-ethyl adjacent to an activating group) is 1. The molecular formula is C18H24N4O3. The van der Waals surface area contributed by atoms with E-state index in [1.807, 2.05) is 30.3 Å². The molecule has 0 N–H and O–H groups in total. The minimum Gasteiger partial charge on any atom is -0.347 e. The molecule has 0 saturated heterocycles. The minimum atomic E-state index is -0.773. The predicted octanol–water partition coefficient (Wildman–Crippen LogP) is 1.31. The van der Waals surface area contributed by atoms with Gasteiger partial charge in [0.25, 0.3) is 5.56 Å². The fraction of sp³-hybridized carbons (Fsp3) is 0.389. The molecule has 1 unspecified atom stereocenters. The highest BCUT2D eigenvalue weighted by Crippen LogP contribution is 2.21. The van der Waals surface area contributed by atoms with Crippen LogP contribution in [0.4, 0.5) is 5.69 Å². The summed E-state index contributed by atoms with van der Waals surface area (Å²) in [5.41, 5.74) is 1.20. The van der Waals surface area contributed by atoms with Crippen LogP contribution in [0.3, 0.4) is 0 Å². The van der Waals surface area contributed by atoms with Gasteiger partial charge in [-0.1, -0.05) is 18.2 Å². The third-order valence-electron chi connectivity index (χ3n) is 4.29. The van der Waals surface area contributed by atoms with Gasteiger partial charge in [-0.3, -0.25) is 24.0 Å². The summed E-state index contributed by atoms with van der Waals surface area (Å²) in [4.78, 5) is 40.4. The van der Waals surface area contributed by atoms with Gasteiger partial charge in [-0.2, -0.15) is 0 Å². The first-order valence-corrected chi connectivity index (χ1v) is 8.03. The topological polar surface area (TPSA) is 67.5 Å². The molecule has 0 radical (unpaired) electrons. The third-order valence-corrected chi connectivity index (χ3v) is 4.29. The highest BCUT2D eigenvalue weighted by molar-refractivity contribution is 5.99. The van der Waals surface area contributed by atoms with Crippen molar-refractivity contribution in [3.05, 3.63) is 46.4 Å². The smallest absolute Gasteiger partial charge is 0.295 e. The van der Waals surface area contributed by atoms with Crippen LogP contribution in [0.15, 0.2) is 35.1 Å². The Morgan fingerprint density at radius 1 is 1.12 bits per heavy atom. The summed E-state index contributed by atoms with van der Waals surface area (Å²) in [7, 11) is 5.00. The number of para-hydroxylation sites is 1. The van der Waals surface area contributed by atoms with E-state index in [4.69, 9.17) is 0 Å². The molecule has 1 atom stereocenters. The molecule has 2 rings (SSSR count). The highest BCUT2D eigenvalue weighted by atomic mass is 16.2. The molecule has 1 aromatic heterocycles. The maximum Gasteiger partial charge on any atom is 0.295 e. The zero-order valence-corrected chi connectivity index (χ0v) is 15.5. The molecule has 2 amide bonds. The number of nitrogens with zero attached hydrogens (tertiary/aromatic N) is 4. The largest absolute Gasteiger partial charge is 0.347 e. The van der Waals surface area contributed by atoms with E-state index < -0.39 is 6.04 Å². The van der Waals surface area contributed by atoms with Gasteiger partial charge in [-0.25, -0.2) is 4.68 Å². The number of aromatic nitrogens is 2. The van der Waals surface area contributed by atoms with Crippen LogP contribution in [-0.4, -0.2) is 46.2 Å². The van der Waals surface area contributed by atoms with Gasteiger partial charge in [0.15, 0.2) is 0 Å². The van der Waals surface area contributed by atoms with Crippen LogP contribution in [-0.2, 0) is 16.6 Å². The van der Waals surface area contributed by atoms with E-state index in [2.05, 4.69) is 0 Å². The summed E-state index contributed by atoms with van der Waals surface area (Å²) in [6.07, 6.45) is 0. The maximum absolute atomic E-state index is 13.1. The SMILES string of the molecule is CC(=O)N(c1c(C)n(C)n(-c2ccccc2)c1=O)C(C)C(=O)N(C)C. The van der Waals surface area contributed by atoms with E-state index in [1.54, 1.807) is 39.7 Å². The molecule has 0 bridgehead atoms. The molecule has 1 heterocycles. The van der Waals surface area contributed by atoms with Gasteiger partial charge in [0.2, 0.25) is 11.8 Å². The molecule has 0 spiro atoms. The van der Waals surface area contributed by atoms with Crippen LogP contribution in [0.25, 0.3) is 5.69 Å². The lowest BCUT2D eigenvalue weighted by molar-refractivity contribution is -0.131. The summed E-state index contributed by atoms with van der Waals surface area (Å²) in [6.45, 7) is 4.75.